The predicted octanol–water partition coefficient (Wildman–Crippen LogP) is 5.32. The van der Waals surface area contributed by atoms with Gasteiger partial charge in [0.05, 0.1) is 19.8 Å². The normalized spacial score (nSPS) is 13.0. The summed E-state index contributed by atoms with van der Waals surface area (Å²) in [5, 5.41) is 10.7. The molecule has 10 heteroatoms. The van der Waals surface area contributed by atoms with E-state index in [1.54, 1.807) is 38.1 Å². The number of aliphatic hydroxyl groups is 1. The van der Waals surface area contributed by atoms with Gasteiger partial charge in [-0.3, -0.25) is 9.52 Å². The third kappa shape index (κ3) is 15.9. The largest absolute Gasteiger partial charge is 0.493 e. The monoisotopic (exact) mass is 609 g/mol. The zero-order valence-corrected chi connectivity index (χ0v) is 26.8. The van der Waals surface area contributed by atoms with E-state index in [1.165, 1.54) is 12.1 Å². The zero-order chi connectivity index (χ0) is 31.2. The number of nitrogens with one attached hydrogen (secondary N) is 2. The van der Waals surface area contributed by atoms with Gasteiger partial charge in [-0.05, 0) is 61.3 Å². The molecule has 2 aromatic rings. The highest BCUT2D eigenvalue weighted by Gasteiger charge is 2.18. The number of carbonyl (C=O) groups excluding carboxylic acids is 1. The zero-order valence-electron chi connectivity index (χ0n) is 26.0. The maximum absolute atomic E-state index is 13.4. The number of carbonyl (C=O) groups is 1. The maximum atomic E-state index is 13.4. The van der Waals surface area contributed by atoms with E-state index in [2.05, 4.69) is 23.9 Å². The molecule has 5 N–H and O–H groups in total. The van der Waals surface area contributed by atoms with Crippen LogP contribution in [-0.2, 0) is 20.9 Å². The van der Waals surface area contributed by atoms with E-state index >= 15 is 0 Å². The van der Waals surface area contributed by atoms with Crippen molar-refractivity contribution in [3.05, 3.63) is 53.8 Å². The van der Waals surface area contributed by atoms with Crippen LogP contribution in [0, 0.1) is 11.7 Å². The number of rotatable bonds is 20. The van der Waals surface area contributed by atoms with Gasteiger partial charge in [-0.25, -0.2) is 4.39 Å². The van der Waals surface area contributed by atoms with Crippen molar-refractivity contribution in [2.45, 2.75) is 71.6 Å². The molecule has 238 valence electrons. The van der Waals surface area contributed by atoms with Crippen LogP contribution in [0.3, 0.4) is 0 Å². The fourth-order valence-electron chi connectivity index (χ4n) is 4.10. The average molecular weight is 610 g/mol. The molecular formula is C32H52FN3O5S. The van der Waals surface area contributed by atoms with Crippen molar-refractivity contribution >= 4 is 17.9 Å². The number of amides is 1. The second kappa shape index (κ2) is 23.3. The first-order valence-electron chi connectivity index (χ1n) is 14.8. The van der Waals surface area contributed by atoms with Crippen LogP contribution in [0.25, 0.3) is 11.1 Å². The van der Waals surface area contributed by atoms with Crippen molar-refractivity contribution in [1.29, 1.82) is 0 Å². The van der Waals surface area contributed by atoms with E-state index in [0.29, 0.717) is 51.6 Å². The molecule has 0 fully saturated rings. The lowest BCUT2D eigenvalue weighted by Gasteiger charge is -2.24. The number of ether oxygens (including phenoxy) is 3. The Kier molecular flexibility index (Phi) is 21.0. The summed E-state index contributed by atoms with van der Waals surface area (Å²) in [6.07, 6.45) is 5.64. The quantitative estimate of drug-likeness (QED) is 0.118. The number of hydrogen-bond donors (Lipinski definition) is 4. The summed E-state index contributed by atoms with van der Waals surface area (Å²) in [5.41, 5.74) is 9.00. The van der Waals surface area contributed by atoms with Gasteiger partial charge in [0.25, 0.3) is 0 Å². The van der Waals surface area contributed by atoms with Crippen molar-refractivity contribution in [2.75, 3.05) is 46.3 Å². The Balaban J connectivity index is 0.00000281. The summed E-state index contributed by atoms with van der Waals surface area (Å²) in [5.74, 6) is 0.917. The molecule has 2 unspecified atom stereocenters. The van der Waals surface area contributed by atoms with Crippen LogP contribution >= 0.6 is 11.9 Å². The molecule has 8 nitrogen and oxygen atoms in total. The number of aliphatic hydroxyl groups excluding tert-OH is 1. The summed E-state index contributed by atoms with van der Waals surface area (Å²) in [4.78, 5) is 12.5. The van der Waals surface area contributed by atoms with Gasteiger partial charge in [0.2, 0.25) is 5.91 Å². The molecular weight excluding hydrogens is 557 g/mol. The van der Waals surface area contributed by atoms with Gasteiger partial charge in [0, 0.05) is 57.4 Å². The van der Waals surface area contributed by atoms with Crippen LogP contribution in [0.4, 0.5) is 4.39 Å². The Hall–Kier alpha value is -2.21. The molecule has 0 aliphatic rings. The molecule has 0 saturated carbocycles. The van der Waals surface area contributed by atoms with Crippen molar-refractivity contribution in [3.63, 3.8) is 0 Å². The summed E-state index contributed by atoms with van der Waals surface area (Å²) < 4.78 is 33.7. The highest BCUT2D eigenvalue weighted by Crippen LogP contribution is 2.31. The van der Waals surface area contributed by atoms with Crippen molar-refractivity contribution in [3.8, 4) is 16.9 Å². The molecule has 0 heterocycles. The number of benzene rings is 2. The Morgan fingerprint density at radius 3 is 2.48 bits per heavy atom. The second-order valence-electron chi connectivity index (χ2n) is 10.1. The van der Waals surface area contributed by atoms with Gasteiger partial charge in [0.1, 0.15) is 11.6 Å². The number of halogens is 1. The van der Waals surface area contributed by atoms with Gasteiger partial charge in [-0.1, -0.05) is 56.5 Å². The van der Waals surface area contributed by atoms with Gasteiger partial charge in [-0.2, -0.15) is 0 Å². The SMILES string of the molecule is CCO.CC[C@H](C)C(CNSC)NC(=O)CCCC(N)COCc1ccc(-c2ccc(F)cc2)c(OCCCOC)c1. The molecule has 42 heavy (non-hydrogen) atoms. The van der Waals surface area contributed by atoms with Crippen LogP contribution in [0.2, 0.25) is 0 Å². The van der Waals surface area contributed by atoms with Crippen LogP contribution in [0.15, 0.2) is 42.5 Å². The lowest BCUT2D eigenvalue weighted by Crippen LogP contribution is -2.44. The molecule has 0 aliphatic heterocycles. The highest BCUT2D eigenvalue weighted by molar-refractivity contribution is 7.96. The first-order valence-corrected chi connectivity index (χ1v) is 16.0. The molecule has 0 spiro atoms. The summed E-state index contributed by atoms with van der Waals surface area (Å²) in [7, 11) is 1.66. The molecule has 3 atom stereocenters. The minimum absolute atomic E-state index is 0.0654. The number of methoxy groups -OCH3 is 1. The molecule has 0 aromatic heterocycles. The Labute approximate surface area is 256 Å². The van der Waals surface area contributed by atoms with Gasteiger partial charge in [-0.15, -0.1) is 0 Å². The molecule has 1 amide bonds. The third-order valence-electron chi connectivity index (χ3n) is 6.66. The molecule has 0 bridgehead atoms. The summed E-state index contributed by atoms with van der Waals surface area (Å²) >= 11 is 1.56. The van der Waals surface area contributed by atoms with Gasteiger partial charge < -0.3 is 30.4 Å². The van der Waals surface area contributed by atoms with Crippen LogP contribution in [-0.4, -0.2) is 69.4 Å². The van der Waals surface area contributed by atoms with Crippen LogP contribution < -0.4 is 20.5 Å². The van der Waals surface area contributed by atoms with Crippen molar-refractivity contribution in [2.24, 2.45) is 11.7 Å². The second-order valence-corrected chi connectivity index (χ2v) is 10.8. The summed E-state index contributed by atoms with van der Waals surface area (Å²) in [6, 6.07) is 12.3. The summed E-state index contributed by atoms with van der Waals surface area (Å²) in [6.45, 7) is 8.90. The molecule has 0 saturated heterocycles. The van der Waals surface area contributed by atoms with Gasteiger partial charge >= 0.3 is 0 Å². The number of hydrogen-bond acceptors (Lipinski definition) is 8. The molecule has 2 rings (SSSR count). The Morgan fingerprint density at radius 2 is 1.83 bits per heavy atom. The van der Waals surface area contributed by atoms with Crippen molar-refractivity contribution < 1.29 is 28.5 Å². The van der Waals surface area contributed by atoms with Crippen molar-refractivity contribution in [1.82, 2.24) is 10.0 Å². The fourth-order valence-corrected chi connectivity index (χ4v) is 4.44. The smallest absolute Gasteiger partial charge is 0.220 e. The highest BCUT2D eigenvalue weighted by atomic mass is 32.2. The fraction of sp³-hybridized carbons (Fsp3) is 0.594. The average Bonchev–Trinajstić information content (AvgIpc) is 2.98. The van der Waals surface area contributed by atoms with E-state index in [0.717, 1.165) is 41.8 Å². The van der Waals surface area contributed by atoms with Crippen LogP contribution in [0.5, 0.6) is 5.75 Å². The van der Waals surface area contributed by atoms with Crippen LogP contribution in [0.1, 0.15) is 58.4 Å². The van der Waals surface area contributed by atoms with E-state index < -0.39 is 0 Å². The first-order chi connectivity index (χ1) is 20.3. The molecule has 0 radical (unpaired) electrons. The van der Waals surface area contributed by atoms with E-state index in [-0.39, 0.29) is 30.4 Å². The Bertz CT molecular complexity index is 983. The van der Waals surface area contributed by atoms with Gasteiger partial charge in [0.15, 0.2) is 0 Å². The minimum Gasteiger partial charge on any atom is -0.493 e. The lowest BCUT2D eigenvalue weighted by atomic mass is 9.99. The molecule has 0 aliphatic carbocycles. The van der Waals surface area contributed by atoms with E-state index in [4.69, 9.17) is 25.1 Å². The lowest BCUT2D eigenvalue weighted by molar-refractivity contribution is -0.122. The topological polar surface area (TPSA) is 115 Å². The molecule has 2 aromatic carbocycles. The number of nitrogens with two attached hydrogens (primary N) is 1. The Morgan fingerprint density at radius 1 is 1.12 bits per heavy atom. The maximum Gasteiger partial charge on any atom is 0.220 e. The minimum atomic E-state index is -0.276. The predicted molar refractivity (Wildman–Crippen MR) is 171 cm³/mol. The van der Waals surface area contributed by atoms with E-state index in [9.17, 15) is 9.18 Å². The first kappa shape index (κ1) is 37.8. The standard InChI is InChI=1S/C30H46FN3O4S.C2H6O/c1-5-22(2)28(19-33-39-4)34-30(35)9-6-8-26(32)21-37-20-23-10-15-27(24-11-13-25(31)14-12-24)29(18-23)38-17-7-16-36-3;1-2-3/h10-15,18,22,26,28,33H,5-9,16-17,19-21,32H2,1-4H3,(H,34,35);3H,2H2,1H3/t22-,26?,28?;/m0./s1. The van der Waals surface area contributed by atoms with E-state index in [1.807, 2.05) is 24.5 Å². The third-order valence-corrected chi connectivity index (χ3v) is 7.11.